The second-order valence-corrected chi connectivity index (χ2v) is 3.83. The molecule has 0 aliphatic rings. The lowest BCUT2D eigenvalue weighted by Crippen LogP contribution is -1.84. The highest BCUT2D eigenvalue weighted by Crippen LogP contribution is 2.14. The summed E-state index contributed by atoms with van der Waals surface area (Å²) in [4.78, 5) is 0. The highest BCUT2D eigenvalue weighted by atomic mass is 16.3. The number of aliphatic hydroxyl groups excluding tert-OH is 2. The van der Waals surface area contributed by atoms with Gasteiger partial charge in [-0.3, -0.25) is 0 Å². The Hall–Kier alpha value is -2.22. The van der Waals surface area contributed by atoms with Crippen LogP contribution in [0, 0.1) is 0 Å². The first-order valence-corrected chi connectivity index (χ1v) is 6.10. The van der Waals surface area contributed by atoms with Crippen LogP contribution in [0.2, 0.25) is 0 Å². The summed E-state index contributed by atoms with van der Waals surface area (Å²) in [5.74, 6) is 0.344. The molecule has 0 aliphatic heterocycles. The SMILES string of the molecule is C=C/C(=C\C=C(\O)C=C)CC(/C=C\C(O)=C/C)=C/C. The Bertz CT molecular complexity index is 458. The van der Waals surface area contributed by atoms with E-state index in [1.807, 2.05) is 19.1 Å². The molecule has 0 rings (SSSR count). The van der Waals surface area contributed by atoms with Crippen LogP contribution in [0.4, 0.5) is 0 Å². The van der Waals surface area contributed by atoms with Crippen LogP contribution in [0.15, 0.2) is 84.4 Å². The molecule has 0 aromatic heterocycles. The van der Waals surface area contributed by atoms with E-state index in [0.29, 0.717) is 6.42 Å². The molecule has 0 aromatic rings. The van der Waals surface area contributed by atoms with Gasteiger partial charge in [0.2, 0.25) is 0 Å². The Morgan fingerprint density at radius 2 is 1.53 bits per heavy atom. The van der Waals surface area contributed by atoms with Gasteiger partial charge in [0.05, 0.1) is 0 Å². The lowest BCUT2D eigenvalue weighted by molar-refractivity contribution is 0.431. The summed E-state index contributed by atoms with van der Waals surface area (Å²) in [5, 5.41) is 18.7. The van der Waals surface area contributed by atoms with E-state index in [-0.39, 0.29) is 11.5 Å². The van der Waals surface area contributed by atoms with E-state index in [1.54, 1.807) is 37.3 Å². The Morgan fingerprint density at radius 1 is 0.842 bits per heavy atom. The van der Waals surface area contributed by atoms with Crippen LogP contribution < -0.4 is 0 Å². The van der Waals surface area contributed by atoms with Crippen molar-refractivity contribution in [2.24, 2.45) is 0 Å². The van der Waals surface area contributed by atoms with E-state index in [4.69, 9.17) is 0 Å². The van der Waals surface area contributed by atoms with Gasteiger partial charge in [-0.2, -0.15) is 0 Å². The molecule has 0 fully saturated rings. The standard InChI is InChI=1S/C17H22O2/c1-5-14(9-11-16(18)7-3)13-15(6-2)10-12-17(19)8-4/h5-12,18-19H,1,3,13H2,2,4H3/b12-10-,14-9+,15-6+,16-11+,17-8+. The van der Waals surface area contributed by atoms with Gasteiger partial charge in [-0.25, -0.2) is 0 Å². The molecule has 0 bridgehead atoms. The summed E-state index contributed by atoms with van der Waals surface area (Å²) < 4.78 is 0. The molecule has 19 heavy (non-hydrogen) atoms. The second kappa shape index (κ2) is 9.77. The van der Waals surface area contributed by atoms with Crippen LogP contribution in [-0.2, 0) is 0 Å². The fourth-order valence-electron chi connectivity index (χ4n) is 1.24. The first-order valence-electron chi connectivity index (χ1n) is 6.10. The minimum Gasteiger partial charge on any atom is -0.508 e. The lowest BCUT2D eigenvalue weighted by Gasteiger charge is -2.02. The molecule has 0 aliphatic carbocycles. The predicted molar refractivity (Wildman–Crippen MR) is 83.1 cm³/mol. The van der Waals surface area contributed by atoms with E-state index in [0.717, 1.165) is 11.1 Å². The Labute approximate surface area is 115 Å². The van der Waals surface area contributed by atoms with Crippen molar-refractivity contribution in [3.63, 3.8) is 0 Å². The largest absolute Gasteiger partial charge is 0.508 e. The minimum atomic E-state index is 0.114. The summed E-state index contributed by atoms with van der Waals surface area (Å²) >= 11 is 0. The van der Waals surface area contributed by atoms with Gasteiger partial charge in [-0.15, -0.1) is 0 Å². The van der Waals surface area contributed by atoms with Crippen LogP contribution in [0.25, 0.3) is 0 Å². The van der Waals surface area contributed by atoms with Crippen molar-refractivity contribution in [2.75, 3.05) is 0 Å². The number of hydrogen-bond acceptors (Lipinski definition) is 2. The smallest absolute Gasteiger partial charge is 0.114 e. The molecular formula is C17H22O2. The molecule has 102 valence electrons. The van der Waals surface area contributed by atoms with Crippen molar-refractivity contribution in [2.45, 2.75) is 20.3 Å². The summed E-state index contributed by atoms with van der Waals surface area (Å²) in [5.41, 5.74) is 2.01. The van der Waals surface area contributed by atoms with Crippen molar-refractivity contribution < 1.29 is 10.2 Å². The average Bonchev–Trinajstić information content (AvgIpc) is 2.45. The van der Waals surface area contributed by atoms with Crippen molar-refractivity contribution >= 4 is 0 Å². The van der Waals surface area contributed by atoms with Crippen molar-refractivity contribution in [1.82, 2.24) is 0 Å². The summed E-state index contributed by atoms with van der Waals surface area (Å²) in [6.07, 6.45) is 14.2. The van der Waals surface area contributed by atoms with Crippen LogP contribution in [0.5, 0.6) is 0 Å². The molecule has 2 nitrogen and oxygen atoms in total. The quantitative estimate of drug-likeness (QED) is 0.493. The maximum atomic E-state index is 9.36. The summed E-state index contributed by atoms with van der Waals surface area (Å²) in [7, 11) is 0. The Morgan fingerprint density at radius 3 is 2.00 bits per heavy atom. The monoisotopic (exact) mass is 258 g/mol. The third-order valence-electron chi connectivity index (χ3n) is 2.48. The zero-order chi connectivity index (χ0) is 14.7. The maximum absolute atomic E-state index is 9.36. The molecule has 0 amide bonds. The lowest BCUT2D eigenvalue weighted by atomic mass is 10.0. The number of hydrogen-bond donors (Lipinski definition) is 2. The fraction of sp³-hybridized carbons (Fsp3) is 0.176. The van der Waals surface area contributed by atoms with Gasteiger partial charge >= 0.3 is 0 Å². The van der Waals surface area contributed by atoms with E-state index in [9.17, 15) is 10.2 Å². The van der Waals surface area contributed by atoms with Crippen LogP contribution in [-0.4, -0.2) is 10.2 Å². The summed E-state index contributed by atoms with van der Waals surface area (Å²) in [6, 6.07) is 0. The van der Waals surface area contributed by atoms with E-state index in [2.05, 4.69) is 13.2 Å². The molecule has 2 N–H and O–H groups in total. The van der Waals surface area contributed by atoms with Crippen molar-refractivity contribution in [3.05, 3.63) is 84.4 Å². The zero-order valence-corrected chi connectivity index (χ0v) is 11.6. The molecule has 0 aromatic carbocycles. The van der Waals surface area contributed by atoms with E-state index >= 15 is 0 Å². The highest BCUT2D eigenvalue weighted by molar-refractivity contribution is 5.34. The van der Waals surface area contributed by atoms with Gasteiger partial charge in [-0.1, -0.05) is 37.5 Å². The maximum Gasteiger partial charge on any atom is 0.114 e. The molecular weight excluding hydrogens is 236 g/mol. The van der Waals surface area contributed by atoms with Crippen LogP contribution in [0.3, 0.4) is 0 Å². The molecule has 0 saturated carbocycles. The molecule has 2 heteroatoms. The first kappa shape index (κ1) is 16.8. The van der Waals surface area contributed by atoms with Gasteiger partial charge in [0, 0.05) is 0 Å². The topological polar surface area (TPSA) is 40.5 Å². The Balaban J connectivity index is 4.91. The molecule has 0 atom stereocenters. The highest BCUT2D eigenvalue weighted by Gasteiger charge is 1.96. The first-order chi connectivity index (χ1) is 9.07. The normalized spacial score (nSPS) is 14.8. The third-order valence-corrected chi connectivity index (χ3v) is 2.48. The van der Waals surface area contributed by atoms with E-state index in [1.165, 1.54) is 6.08 Å². The van der Waals surface area contributed by atoms with Gasteiger partial charge in [0.15, 0.2) is 0 Å². The van der Waals surface area contributed by atoms with E-state index < -0.39 is 0 Å². The van der Waals surface area contributed by atoms with Crippen molar-refractivity contribution in [1.29, 1.82) is 0 Å². The number of rotatable bonds is 7. The van der Waals surface area contributed by atoms with Gasteiger partial charge in [0.25, 0.3) is 0 Å². The molecule has 0 radical (unpaired) electrons. The number of allylic oxidation sites excluding steroid dienone is 10. The fourth-order valence-corrected chi connectivity index (χ4v) is 1.24. The second-order valence-electron chi connectivity index (χ2n) is 3.83. The third kappa shape index (κ3) is 7.66. The minimum absolute atomic E-state index is 0.114. The molecule has 0 heterocycles. The average molecular weight is 258 g/mol. The van der Waals surface area contributed by atoms with Crippen molar-refractivity contribution in [3.8, 4) is 0 Å². The van der Waals surface area contributed by atoms with Gasteiger partial charge in [-0.05, 0) is 55.7 Å². The van der Waals surface area contributed by atoms with Crippen LogP contribution >= 0.6 is 0 Å². The predicted octanol–water partition coefficient (Wildman–Crippen LogP) is 5.08. The zero-order valence-electron chi connectivity index (χ0n) is 11.6. The molecule has 0 spiro atoms. The van der Waals surface area contributed by atoms with Gasteiger partial charge < -0.3 is 10.2 Å². The number of aliphatic hydroxyl groups is 2. The van der Waals surface area contributed by atoms with Gasteiger partial charge in [0.1, 0.15) is 11.5 Å². The summed E-state index contributed by atoms with van der Waals surface area (Å²) in [6.45, 7) is 10.9. The Kier molecular flexibility index (Phi) is 8.63. The molecule has 0 saturated heterocycles. The van der Waals surface area contributed by atoms with Crippen LogP contribution in [0.1, 0.15) is 20.3 Å². The molecule has 0 unspecified atom stereocenters.